The Morgan fingerprint density at radius 3 is 2.61 bits per heavy atom. The first-order chi connectivity index (χ1) is 8.75. The van der Waals surface area contributed by atoms with E-state index in [1.807, 2.05) is 31.3 Å². The molecule has 0 N–H and O–H groups in total. The molecular formula is C15H11ClN2. The maximum absolute atomic E-state index is 6.31. The van der Waals surface area contributed by atoms with Crippen molar-refractivity contribution in [3.8, 4) is 11.1 Å². The third-order valence-electron chi connectivity index (χ3n) is 3.04. The summed E-state index contributed by atoms with van der Waals surface area (Å²) in [5, 5.41) is 2.81. The second kappa shape index (κ2) is 4.39. The van der Waals surface area contributed by atoms with Crippen molar-refractivity contribution in [2.24, 2.45) is 0 Å². The zero-order valence-corrected chi connectivity index (χ0v) is 10.6. The summed E-state index contributed by atoms with van der Waals surface area (Å²) in [4.78, 5) is 8.21. The van der Waals surface area contributed by atoms with Gasteiger partial charge in [0.15, 0.2) is 0 Å². The Morgan fingerprint density at radius 2 is 1.78 bits per heavy atom. The molecule has 0 atom stereocenters. The molecule has 0 saturated carbocycles. The van der Waals surface area contributed by atoms with Crippen molar-refractivity contribution in [1.82, 2.24) is 9.97 Å². The Balaban J connectivity index is 2.28. The number of hydrogen-bond acceptors (Lipinski definition) is 2. The average molecular weight is 255 g/mol. The van der Waals surface area contributed by atoms with Crippen LogP contribution in [-0.2, 0) is 0 Å². The van der Waals surface area contributed by atoms with E-state index < -0.39 is 0 Å². The molecule has 2 nitrogen and oxygen atoms in total. The number of benzene rings is 1. The van der Waals surface area contributed by atoms with E-state index in [0.29, 0.717) is 0 Å². The summed E-state index contributed by atoms with van der Waals surface area (Å²) < 4.78 is 0. The number of halogens is 1. The number of aromatic nitrogens is 2. The molecule has 2 aromatic heterocycles. The minimum atomic E-state index is 0.729. The van der Waals surface area contributed by atoms with Gasteiger partial charge in [0.25, 0.3) is 0 Å². The number of hydrogen-bond donors (Lipinski definition) is 0. The predicted octanol–water partition coefficient (Wildman–Crippen LogP) is 4.26. The van der Waals surface area contributed by atoms with Crippen molar-refractivity contribution in [1.29, 1.82) is 0 Å². The van der Waals surface area contributed by atoms with E-state index in [1.54, 1.807) is 18.6 Å². The molecule has 1 aromatic carbocycles. The summed E-state index contributed by atoms with van der Waals surface area (Å²) in [5.74, 6) is 0. The average Bonchev–Trinajstić information content (AvgIpc) is 2.39. The lowest BCUT2D eigenvalue weighted by Gasteiger charge is -2.08. The highest BCUT2D eigenvalue weighted by atomic mass is 35.5. The van der Waals surface area contributed by atoms with Gasteiger partial charge in [-0.1, -0.05) is 11.6 Å². The maximum atomic E-state index is 6.31. The van der Waals surface area contributed by atoms with E-state index in [4.69, 9.17) is 11.6 Å². The zero-order valence-electron chi connectivity index (χ0n) is 9.89. The maximum Gasteiger partial charge on any atom is 0.0506 e. The molecule has 88 valence electrons. The van der Waals surface area contributed by atoms with Crippen LogP contribution in [0.3, 0.4) is 0 Å². The van der Waals surface area contributed by atoms with Crippen LogP contribution in [-0.4, -0.2) is 9.97 Å². The van der Waals surface area contributed by atoms with Crippen LogP contribution in [0.2, 0.25) is 5.02 Å². The molecule has 0 amide bonds. The molecule has 0 unspecified atom stereocenters. The van der Waals surface area contributed by atoms with Crippen molar-refractivity contribution < 1.29 is 0 Å². The predicted molar refractivity (Wildman–Crippen MR) is 74.7 cm³/mol. The van der Waals surface area contributed by atoms with Gasteiger partial charge in [-0.15, -0.1) is 0 Å². The first kappa shape index (κ1) is 11.2. The topological polar surface area (TPSA) is 25.8 Å². The highest BCUT2D eigenvalue weighted by Gasteiger charge is 2.06. The SMILES string of the molecule is Cc1cnccc1-c1cc(Cl)c2cnccc2c1. The van der Waals surface area contributed by atoms with Gasteiger partial charge >= 0.3 is 0 Å². The summed E-state index contributed by atoms with van der Waals surface area (Å²) in [7, 11) is 0. The zero-order chi connectivity index (χ0) is 12.5. The van der Waals surface area contributed by atoms with Crippen molar-refractivity contribution in [3.63, 3.8) is 0 Å². The second-order valence-electron chi connectivity index (χ2n) is 4.25. The van der Waals surface area contributed by atoms with E-state index >= 15 is 0 Å². The molecule has 3 heteroatoms. The molecule has 0 fully saturated rings. The van der Waals surface area contributed by atoms with Crippen molar-refractivity contribution in [2.75, 3.05) is 0 Å². The quantitative estimate of drug-likeness (QED) is 0.648. The summed E-state index contributed by atoms with van der Waals surface area (Å²) in [5.41, 5.74) is 3.41. The van der Waals surface area contributed by atoms with Gasteiger partial charge in [0.2, 0.25) is 0 Å². The lowest BCUT2D eigenvalue weighted by atomic mass is 10.00. The highest BCUT2D eigenvalue weighted by Crippen LogP contribution is 2.31. The highest BCUT2D eigenvalue weighted by molar-refractivity contribution is 6.35. The largest absolute Gasteiger partial charge is 0.264 e. The minimum absolute atomic E-state index is 0.729. The van der Waals surface area contributed by atoms with Crippen LogP contribution >= 0.6 is 11.6 Å². The Hall–Kier alpha value is -1.93. The first-order valence-corrected chi connectivity index (χ1v) is 6.08. The van der Waals surface area contributed by atoms with Crippen molar-refractivity contribution >= 4 is 22.4 Å². The van der Waals surface area contributed by atoms with E-state index in [2.05, 4.69) is 16.0 Å². The number of pyridine rings is 2. The third-order valence-corrected chi connectivity index (χ3v) is 3.35. The molecule has 3 rings (SSSR count). The summed E-state index contributed by atoms with van der Waals surface area (Å²) in [6.45, 7) is 2.05. The second-order valence-corrected chi connectivity index (χ2v) is 4.65. The Kier molecular flexibility index (Phi) is 2.73. The fourth-order valence-electron chi connectivity index (χ4n) is 2.11. The molecule has 18 heavy (non-hydrogen) atoms. The Labute approximate surface area is 110 Å². The standard InChI is InChI=1S/C15H11ClN2/c1-10-8-17-5-3-13(10)12-6-11-2-4-18-9-14(11)15(16)7-12/h2-9H,1H3. The van der Waals surface area contributed by atoms with Crippen LogP contribution < -0.4 is 0 Å². The fraction of sp³-hybridized carbons (Fsp3) is 0.0667. The Bertz CT molecular complexity index is 723. The molecule has 0 aliphatic heterocycles. The minimum Gasteiger partial charge on any atom is -0.264 e. The van der Waals surface area contributed by atoms with E-state index in [9.17, 15) is 0 Å². The molecular weight excluding hydrogens is 244 g/mol. The number of rotatable bonds is 1. The van der Waals surface area contributed by atoms with Crippen LogP contribution in [0.5, 0.6) is 0 Å². The molecule has 0 bridgehead atoms. The molecule has 0 aliphatic carbocycles. The van der Waals surface area contributed by atoms with Gasteiger partial charge in [-0.05, 0) is 53.3 Å². The van der Waals surface area contributed by atoms with Crippen LogP contribution in [0.4, 0.5) is 0 Å². The van der Waals surface area contributed by atoms with Crippen molar-refractivity contribution in [3.05, 3.63) is 59.6 Å². The lowest BCUT2D eigenvalue weighted by Crippen LogP contribution is -1.86. The summed E-state index contributed by atoms with van der Waals surface area (Å²) in [6.07, 6.45) is 7.23. The van der Waals surface area contributed by atoms with Crippen molar-refractivity contribution in [2.45, 2.75) is 6.92 Å². The van der Waals surface area contributed by atoms with E-state index in [0.717, 1.165) is 32.5 Å². The van der Waals surface area contributed by atoms with E-state index in [-0.39, 0.29) is 0 Å². The monoisotopic (exact) mass is 254 g/mol. The first-order valence-electron chi connectivity index (χ1n) is 5.70. The van der Waals surface area contributed by atoms with Gasteiger partial charge in [0.1, 0.15) is 0 Å². The molecule has 0 radical (unpaired) electrons. The smallest absolute Gasteiger partial charge is 0.0506 e. The molecule has 0 spiro atoms. The number of fused-ring (bicyclic) bond motifs is 1. The van der Waals surface area contributed by atoms with Gasteiger partial charge < -0.3 is 0 Å². The Morgan fingerprint density at radius 1 is 1.00 bits per heavy atom. The van der Waals surface area contributed by atoms with E-state index in [1.165, 1.54) is 0 Å². The van der Waals surface area contributed by atoms with Crippen LogP contribution in [0.15, 0.2) is 49.1 Å². The van der Waals surface area contributed by atoms with Gasteiger partial charge in [0, 0.05) is 30.2 Å². The van der Waals surface area contributed by atoms with Gasteiger partial charge in [-0.2, -0.15) is 0 Å². The number of nitrogens with zero attached hydrogens (tertiary/aromatic N) is 2. The molecule has 3 aromatic rings. The molecule has 2 heterocycles. The summed E-state index contributed by atoms with van der Waals surface area (Å²) in [6, 6.07) is 8.09. The summed E-state index contributed by atoms with van der Waals surface area (Å²) >= 11 is 6.31. The van der Waals surface area contributed by atoms with Gasteiger partial charge in [-0.25, -0.2) is 0 Å². The van der Waals surface area contributed by atoms with Crippen LogP contribution in [0.25, 0.3) is 21.9 Å². The lowest BCUT2D eigenvalue weighted by molar-refractivity contribution is 1.27. The van der Waals surface area contributed by atoms with Gasteiger partial charge in [-0.3, -0.25) is 9.97 Å². The normalized spacial score (nSPS) is 10.8. The molecule has 0 aliphatic rings. The third kappa shape index (κ3) is 1.85. The molecule has 0 saturated heterocycles. The van der Waals surface area contributed by atoms with Crippen LogP contribution in [0, 0.1) is 6.92 Å². The van der Waals surface area contributed by atoms with Crippen LogP contribution in [0.1, 0.15) is 5.56 Å². The number of aryl methyl sites for hydroxylation is 1. The fourth-order valence-corrected chi connectivity index (χ4v) is 2.38. The van der Waals surface area contributed by atoms with Gasteiger partial charge in [0.05, 0.1) is 5.02 Å².